The van der Waals surface area contributed by atoms with Crippen molar-refractivity contribution in [3.8, 4) is 0 Å². The molecule has 3 heteroatoms. The first kappa shape index (κ1) is 7.98. The molecule has 1 aliphatic heterocycles. The van der Waals surface area contributed by atoms with E-state index in [1.165, 1.54) is 0 Å². The largest absolute Gasteiger partial charge is 0.378 e. The van der Waals surface area contributed by atoms with E-state index in [1.54, 1.807) is 0 Å². The quantitative estimate of drug-likeness (QED) is 0.571. The molecule has 0 bridgehead atoms. The first-order valence-corrected chi connectivity index (χ1v) is 3.46. The van der Waals surface area contributed by atoms with Crippen LogP contribution in [0.1, 0.15) is 13.8 Å². The smallest absolute Gasteiger partial charge is 0.118 e. The van der Waals surface area contributed by atoms with E-state index >= 15 is 0 Å². The van der Waals surface area contributed by atoms with Crippen molar-refractivity contribution in [3.63, 3.8) is 0 Å². The second kappa shape index (κ2) is 2.49. The summed E-state index contributed by atoms with van der Waals surface area (Å²) in [7, 11) is 0. The zero-order valence-corrected chi connectivity index (χ0v) is 6.50. The lowest BCUT2D eigenvalue weighted by Gasteiger charge is -2.31. The molecule has 59 valence electrons. The minimum absolute atomic E-state index is 0.346. The maximum atomic E-state index is 9.12. The molecule has 10 heavy (non-hydrogen) atoms. The molecule has 1 aliphatic rings. The number of aliphatic hydroxyl groups is 1. The Morgan fingerprint density at radius 2 is 2.30 bits per heavy atom. The van der Waals surface area contributed by atoms with Crippen LogP contribution in [-0.2, 0) is 4.74 Å². The molecule has 0 saturated carbocycles. The fourth-order valence-corrected chi connectivity index (χ4v) is 1.25. The Morgan fingerprint density at radius 3 is 2.50 bits per heavy atom. The predicted molar refractivity (Wildman–Crippen MR) is 38.1 cm³/mol. The summed E-state index contributed by atoms with van der Waals surface area (Å²) in [5.74, 6) is 0. The van der Waals surface area contributed by atoms with Gasteiger partial charge in [0.1, 0.15) is 12.0 Å². The normalized spacial score (nSPS) is 28.8. The Labute approximate surface area is 61.6 Å². The van der Waals surface area contributed by atoms with Gasteiger partial charge in [0.15, 0.2) is 0 Å². The van der Waals surface area contributed by atoms with E-state index in [0.29, 0.717) is 6.61 Å². The van der Waals surface area contributed by atoms with E-state index in [9.17, 15) is 0 Å². The Hall–Kier alpha value is -0.120. The molecule has 1 heterocycles. The third kappa shape index (κ3) is 1.31. The maximum absolute atomic E-state index is 9.12. The van der Waals surface area contributed by atoms with E-state index in [2.05, 4.69) is 6.92 Å². The number of aliphatic hydroxyl groups excluding tert-OH is 1. The number of rotatable bonds is 1. The molecular weight excluding hydrogens is 130 g/mol. The Bertz CT molecular complexity index is 123. The van der Waals surface area contributed by atoms with Crippen molar-refractivity contribution < 1.29 is 9.84 Å². The summed E-state index contributed by atoms with van der Waals surface area (Å²) < 4.78 is 5.34. The van der Waals surface area contributed by atoms with E-state index < -0.39 is 6.23 Å². The van der Waals surface area contributed by atoms with Gasteiger partial charge in [-0.25, -0.2) is 4.90 Å². The van der Waals surface area contributed by atoms with Crippen LogP contribution < -0.4 is 0 Å². The van der Waals surface area contributed by atoms with Crippen LogP contribution >= 0.6 is 0 Å². The molecule has 0 aromatic heterocycles. The SMILES string of the molecule is [CH2]C(O)N1CCOC1(C)C. The van der Waals surface area contributed by atoms with Gasteiger partial charge < -0.3 is 9.84 Å². The average molecular weight is 144 g/mol. The first-order chi connectivity index (χ1) is 4.54. The zero-order chi connectivity index (χ0) is 7.78. The first-order valence-electron chi connectivity index (χ1n) is 3.46. The van der Waals surface area contributed by atoms with E-state index in [0.717, 1.165) is 6.54 Å². The van der Waals surface area contributed by atoms with Crippen molar-refractivity contribution in [2.24, 2.45) is 0 Å². The Kier molecular flexibility index (Phi) is 1.99. The molecule has 1 rings (SSSR count). The van der Waals surface area contributed by atoms with Gasteiger partial charge in [0.05, 0.1) is 6.61 Å². The van der Waals surface area contributed by atoms with Crippen LogP contribution in [0.25, 0.3) is 0 Å². The van der Waals surface area contributed by atoms with Crippen molar-refractivity contribution >= 4 is 0 Å². The van der Waals surface area contributed by atoms with E-state index in [1.807, 2.05) is 18.7 Å². The van der Waals surface area contributed by atoms with Gasteiger partial charge in [-0.1, -0.05) is 0 Å². The van der Waals surface area contributed by atoms with Gasteiger partial charge in [0, 0.05) is 6.54 Å². The fourth-order valence-electron chi connectivity index (χ4n) is 1.25. The molecule has 1 radical (unpaired) electrons. The third-order valence-corrected chi connectivity index (χ3v) is 1.84. The minimum atomic E-state index is -0.655. The van der Waals surface area contributed by atoms with Crippen molar-refractivity contribution in [3.05, 3.63) is 6.92 Å². The molecule has 1 fully saturated rings. The highest BCUT2D eigenvalue weighted by Crippen LogP contribution is 2.22. The molecule has 1 atom stereocenters. The lowest BCUT2D eigenvalue weighted by molar-refractivity contribution is -0.105. The lowest BCUT2D eigenvalue weighted by atomic mass is 10.2. The monoisotopic (exact) mass is 144 g/mol. The predicted octanol–water partition coefficient (Wildman–Crippen LogP) is 0.207. The third-order valence-electron chi connectivity index (χ3n) is 1.84. The van der Waals surface area contributed by atoms with Crippen LogP contribution in [0.3, 0.4) is 0 Å². The Morgan fingerprint density at radius 1 is 1.70 bits per heavy atom. The minimum Gasteiger partial charge on any atom is -0.378 e. The molecule has 0 amide bonds. The molecule has 0 aromatic carbocycles. The second-order valence-electron chi connectivity index (χ2n) is 2.97. The summed E-state index contributed by atoms with van der Waals surface area (Å²) in [6, 6.07) is 0. The van der Waals surface area contributed by atoms with Crippen molar-refractivity contribution in [1.82, 2.24) is 4.90 Å². The maximum Gasteiger partial charge on any atom is 0.118 e. The van der Waals surface area contributed by atoms with Crippen LogP contribution in [0.5, 0.6) is 0 Å². The van der Waals surface area contributed by atoms with Gasteiger partial charge in [-0.2, -0.15) is 0 Å². The fraction of sp³-hybridized carbons (Fsp3) is 0.857. The molecule has 1 N–H and O–H groups in total. The van der Waals surface area contributed by atoms with Crippen LogP contribution in [-0.4, -0.2) is 35.1 Å². The van der Waals surface area contributed by atoms with E-state index in [-0.39, 0.29) is 5.72 Å². The van der Waals surface area contributed by atoms with Gasteiger partial charge in [-0.15, -0.1) is 0 Å². The summed E-state index contributed by atoms with van der Waals surface area (Å²) in [6.07, 6.45) is -0.655. The topological polar surface area (TPSA) is 32.7 Å². The summed E-state index contributed by atoms with van der Waals surface area (Å²) in [4.78, 5) is 1.81. The van der Waals surface area contributed by atoms with Crippen LogP contribution in [0, 0.1) is 6.92 Å². The van der Waals surface area contributed by atoms with Gasteiger partial charge >= 0.3 is 0 Å². The van der Waals surface area contributed by atoms with Gasteiger partial charge in [0.2, 0.25) is 0 Å². The standard InChI is InChI=1S/C7H14NO2/c1-6(9)8-4-5-10-7(8,2)3/h6,9H,1,4-5H2,2-3H3. The molecule has 0 aromatic rings. The second-order valence-corrected chi connectivity index (χ2v) is 2.97. The van der Waals surface area contributed by atoms with Gasteiger partial charge in [-0.3, -0.25) is 0 Å². The van der Waals surface area contributed by atoms with E-state index in [4.69, 9.17) is 9.84 Å². The summed E-state index contributed by atoms with van der Waals surface area (Å²) in [6.45, 7) is 8.81. The highest BCUT2D eigenvalue weighted by molar-refractivity contribution is 4.80. The van der Waals surface area contributed by atoms with Crippen molar-refractivity contribution in [1.29, 1.82) is 0 Å². The number of hydrogen-bond acceptors (Lipinski definition) is 3. The number of nitrogens with zero attached hydrogens (tertiary/aromatic N) is 1. The molecule has 3 nitrogen and oxygen atoms in total. The number of ether oxygens (including phenoxy) is 1. The number of hydrogen-bond donors (Lipinski definition) is 1. The molecule has 1 saturated heterocycles. The lowest BCUT2D eigenvalue weighted by Crippen LogP contribution is -2.44. The van der Waals surface area contributed by atoms with Crippen molar-refractivity contribution in [2.75, 3.05) is 13.2 Å². The highest BCUT2D eigenvalue weighted by Gasteiger charge is 2.35. The molecule has 1 unspecified atom stereocenters. The van der Waals surface area contributed by atoms with Crippen LogP contribution in [0.2, 0.25) is 0 Å². The van der Waals surface area contributed by atoms with Crippen LogP contribution in [0.15, 0.2) is 0 Å². The molecule has 0 aliphatic carbocycles. The van der Waals surface area contributed by atoms with Crippen molar-refractivity contribution in [2.45, 2.75) is 25.8 Å². The summed E-state index contributed by atoms with van der Waals surface area (Å²) in [5, 5.41) is 9.12. The summed E-state index contributed by atoms with van der Waals surface area (Å²) >= 11 is 0. The molecular formula is C7H14NO2. The van der Waals surface area contributed by atoms with Gasteiger partial charge in [0.25, 0.3) is 0 Å². The highest BCUT2D eigenvalue weighted by atomic mass is 16.5. The Balaban J connectivity index is 2.59. The van der Waals surface area contributed by atoms with Gasteiger partial charge in [-0.05, 0) is 20.8 Å². The summed E-state index contributed by atoms with van der Waals surface area (Å²) in [5.41, 5.74) is -0.346. The van der Waals surface area contributed by atoms with Crippen LogP contribution in [0.4, 0.5) is 0 Å². The molecule has 0 spiro atoms. The average Bonchev–Trinajstić information content (AvgIpc) is 2.08. The zero-order valence-electron chi connectivity index (χ0n) is 6.50.